The van der Waals surface area contributed by atoms with Gasteiger partial charge in [0.05, 0.1) is 17.2 Å². The van der Waals surface area contributed by atoms with Gasteiger partial charge in [-0.2, -0.15) is 5.26 Å². The predicted octanol–water partition coefficient (Wildman–Crippen LogP) is 2.35. The number of hydrogen-bond donors (Lipinski definition) is 2. The smallest absolute Gasteiger partial charge is 0.338 e. The summed E-state index contributed by atoms with van der Waals surface area (Å²) in [5.74, 6) is -0.764. The molecule has 2 N–H and O–H groups in total. The highest BCUT2D eigenvalue weighted by atomic mass is 19.1. The number of hydrogen-bond acceptors (Lipinski definition) is 7. The van der Waals surface area contributed by atoms with E-state index in [1.54, 1.807) is 12.1 Å². The number of carbonyl (C=O) groups is 1. The van der Waals surface area contributed by atoms with Crippen LogP contribution in [0.4, 0.5) is 4.39 Å². The number of aliphatic hydroxyl groups is 1. The molecule has 7 nitrogen and oxygen atoms in total. The van der Waals surface area contributed by atoms with E-state index in [1.807, 2.05) is 26.0 Å². The fourth-order valence-corrected chi connectivity index (χ4v) is 5.62. The van der Waals surface area contributed by atoms with Crippen LogP contribution in [0.3, 0.4) is 0 Å². The first kappa shape index (κ1) is 22.9. The summed E-state index contributed by atoms with van der Waals surface area (Å²) >= 11 is 0. The van der Waals surface area contributed by atoms with Crippen LogP contribution in [0, 0.1) is 31.0 Å². The van der Waals surface area contributed by atoms with Gasteiger partial charge in [-0.1, -0.05) is 12.1 Å². The molecule has 8 heteroatoms. The maximum absolute atomic E-state index is 13.9. The number of halogens is 1. The van der Waals surface area contributed by atoms with Crippen LogP contribution in [0.5, 0.6) is 0 Å². The third-order valence-electron chi connectivity index (χ3n) is 7.65. The van der Waals surface area contributed by atoms with E-state index in [4.69, 9.17) is 4.74 Å². The Bertz CT molecular complexity index is 1180. The van der Waals surface area contributed by atoms with Gasteiger partial charge in [0.1, 0.15) is 18.5 Å². The number of β-amino-alcohol motifs (C(OH)–C–C–N with tert-alkyl or cyclic N) is 1. The van der Waals surface area contributed by atoms with E-state index in [-0.39, 0.29) is 24.2 Å². The van der Waals surface area contributed by atoms with Crippen LogP contribution in [0.25, 0.3) is 0 Å². The lowest BCUT2D eigenvalue weighted by Gasteiger charge is -2.47. The highest BCUT2D eigenvalue weighted by molar-refractivity contribution is 5.93. The number of aliphatic hydroxyl groups excluding tert-OH is 1. The Morgan fingerprint density at radius 1 is 1.24 bits per heavy atom. The lowest BCUT2D eigenvalue weighted by molar-refractivity contribution is 0.0187. The number of nitrogens with one attached hydrogen (secondary N) is 1. The molecule has 178 valence electrons. The van der Waals surface area contributed by atoms with Crippen molar-refractivity contribution in [3.63, 3.8) is 0 Å². The van der Waals surface area contributed by atoms with Crippen LogP contribution in [0.1, 0.15) is 55.9 Å². The van der Waals surface area contributed by atoms with Gasteiger partial charge in [0, 0.05) is 56.9 Å². The molecule has 2 aromatic carbocycles. The van der Waals surface area contributed by atoms with E-state index < -0.39 is 11.9 Å². The average molecular weight is 465 g/mol. The highest BCUT2D eigenvalue weighted by Crippen LogP contribution is 2.31. The van der Waals surface area contributed by atoms with Crippen molar-refractivity contribution >= 4 is 5.97 Å². The lowest BCUT2D eigenvalue weighted by Crippen LogP contribution is -2.62. The normalized spacial score (nSPS) is 23.7. The number of esters is 1. The zero-order valence-corrected chi connectivity index (χ0v) is 19.5. The van der Waals surface area contributed by atoms with Gasteiger partial charge in [0.15, 0.2) is 0 Å². The van der Waals surface area contributed by atoms with E-state index in [9.17, 15) is 19.6 Å². The van der Waals surface area contributed by atoms with Crippen molar-refractivity contribution in [3.8, 4) is 6.07 Å². The Balaban J connectivity index is 1.22. The number of ether oxygens (including phenoxy) is 1. The second-order valence-electron chi connectivity index (χ2n) is 9.52. The summed E-state index contributed by atoms with van der Waals surface area (Å²) in [6.07, 6.45) is -0.636. The molecular weight excluding hydrogens is 435 g/mol. The fourth-order valence-electron chi connectivity index (χ4n) is 5.62. The van der Waals surface area contributed by atoms with Crippen molar-refractivity contribution in [2.24, 2.45) is 0 Å². The molecule has 3 aliphatic rings. The van der Waals surface area contributed by atoms with E-state index in [0.717, 1.165) is 55.0 Å². The van der Waals surface area contributed by atoms with Gasteiger partial charge in [-0.15, -0.1) is 0 Å². The molecule has 3 atom stereocenters. The highest BCUT2D eigenvalue weighted by Gasteiger charge is 2.35. The monoisotopic (exact) mass is 464 g/mol. The molecule has 34 heavy (non-hydrogen) atoms. The summed E-state index contributed by atoms with van der Waals surface area (Å²) in [5, 5.41) is 23.9. The van der Waals surface area contributed by atoms with E-state index in [2.05, 4.69) is 15.1 Å². The Hall–Kier alpha value is -2.83. The molecule has 0 saturated carbocycles. The number of benzene rings is 2. The molecule has 0 aliphatic carbocycles. The molecule has 2 fully saturated rings. The predicted molar refractivity (Wildman–Crippen MR) is 124 cm³/mol. The van der Waals surface area contributed by atoms with Gasteiger partial charge in [-0.3, -0.25) is 9.80 Å². The zero-order valence-electron chi connectivity index (χ0n) is 19.5. The van der Waals surface area contributed by atoms with Crippen LogP contribution in [0.15, 0.2) is 24.3 Å². The maximum Gasteiger partial charge on any atom is 0.338 e. The summed E-state index contributed by atoms with van der Waals surface area (Å²) in [5.41, 5.74) is 5.07. The molecule has 5 rings (SSSR count). The summed E-state index contributed by atoms with van der Waals surface area (Å²) in [6.45, 7) is 8.72. The molecule has 2 aromatic rings. The van der Waals surface area contributed by atoms with Gasteiger partial charge < -0.3 is 15.2 Å². The molecule has 0 bridgehead atoms. The van der Waals surface area contributed by atoms with E-state index in [0.29, 0.717) is 23.7 Å². The summed E-state index contributed by atoms with van der Waals surface area (Å²) in [7, 11) is 0. The number of carbonyl (C=O) groups excluding carboxylic acids is 1. The van der Waals surface area contributed by atoms with Crippen LogP contribution in [-0.4, -0.2) is 66.2 Å². The minimum atomic E-state index is -0.636. The third-order valence-corrected chi connectivity index (χ3v) is 7.65. The van der Waals surface area contributed by atoms with Gasteiger partial charge in [-0.05, 0) is 48.2 Å². The van der Waals surface area contributed by atoms with Crippen molar-refractivity contribution in [1.29, 1.82) is 5.26 Å². The molecule has 0 amide bonds. The minimum Gasteiger partial charge on any atom is -0.457 e. The minimum absolute atomic E-state index is 0.0556. The number of piperazine rings is 2. The van der Waals surface area contributed by atoms with Crippen molar-refractivity contribution in [3.05, 3.63) is 69.0 Å². The zero-order chi connectivity index (χ0) is 24.0. The number of rotatable bonds is 4. The van der Waals surface area contributed by atoms with Crippen LogP contribution < -0.4 is 5.32 Å². The van der Waals surface area contributed by atoms with E-state index >= 15 is 0 Å². The number of fused-ring (bicyclic) bond motifs is 2. The first-order valence-electron chi connectivity index (χ1n) is 11.7. The van der Waals surface area contributed by atoms with Crippen molar-refractivity contribution in [2.75, 3.05) is 39.3 Å². The first-order chi connectivity index (χ1) is 16.4. The average Bonchev–Trinajstić information content (AvgIpc) is 3.21. The summed E-state index contributed by atoms with van der Waals surface area (Å²) in [4.78, 5) is 16.5. The summed E-state index contributed by atoms with van der Waals surface area (Å²) in [6, 6.07) is 9.13. The van der Waals surface area contributed by atoms with Crippen LogP contribution >= 0.6 is 0 Å². The van der Waals surface area contributed by atoms with Crippen molar-refractivity contribution in [2.45, 2.75) is 38.6 Å². The Morgan fingerprint density at radius 2 is 2.06 bits per heavy atom. The molecule has 2 saturated heterocycles. The Kier molecular flexibility index (Phi) is 6.13. The van der Waals surface area contributed by atoms with Gasteiger partial charge in [-0.25, -0.2) is 9.18 Å². The van der Waals surface area contributed by atoms with Gasteiger partial charge >= 0.3 is 5.97 Å². The Morgan fingerprint density at radius 3 is 2.85 bits per heavy atom. The standard InChI is InChI=1S/C26H29FN4O3/c1-15-18(5-6-23(27)21(15)9-28)24-12-31-8-7-30(11-17(31)10-29-24)13-25(32)19-3-4-20-22(16(19)2)14-34-26(20)33/h3-6,17,24-25,29,32H,7-8,10-14H2,1-2H3. The first-order valence-corrected chi connectivity index (χ1v) is 11.7. The third kappa shape index (κ3) is 3.99. The van der Waals surface area contributed by atoms with Crippen LogP contribution in [-0.2, 0) is 11.3 Å². The van der Waals surface area contributed by atoms with Crippen LogP contribution in [0.2, 0.25) is 0 Å². The van der Waals surface area contributed by atoms with E-state index in [1.165, 1.54) is 6.07 Å². The Labute approximate surface area is 198 Å². The number of cyclic esters (lactones) is 1. The largest absolute Gasteiger partial charge is 0.457 e. The molecule has 3 heterocycles. The van der Waals surface area contributed by atoms with Crippen molar-refractivity contribution < 1.29 is 19.0 Å². The lowest BCUT2D eigenvalue weighted by atomic mass is 9.93. The van der Waals surface area contributed by atoms with Gasteiger partial charge in [0.2, 0.25) is 0 Å². The second kappa shape index (κ2) is 9.08. The molecule has 0 radical (unpaired) electrons. The molecular formula is C26H29FN4O3. The van der Waals surface area contributed by atoms with Crippen molar-refractivity contribution in [1.82, 2.24) is 15.1 Å². The maximum atomic E-state index is 13.9. The van der Waals surface area contributed by atoms with Gasteiger partial charge in [0.25, 0.3) is 0 Å². The topological polar surface area (TPSA) is 88.8 Å². The second-order valence-corrected chi connectivity index (χ2v) is 9.52. The number of nitrogens with zero attached hydrogens (tertiary/aromatic N) is 3. The molecule has 0 aromatic heterocycles. The fraction of sp³-hybridized carbons (Fsp3) is 0.462. The molecule has 3 aliphatic heterocycles. The number of nitriles is 1. The quantitative estimate of drug-likeness (QED) is 0.672. The summed E-state index contributed by atoms with van der Waals surface area (Å²) < 4.78 is 19.1. The molecule has 0 spiro atoms. The SMILES string of the molecule is Cc1c(C2CN3CCN(CC(O)c4ccc5c(c4C)COC5=O)CC3CN2)ccc(F)c1C#N. The molecule has 3 unspecified atom stereocenters.